The molecule has 1 heterocycles. The van der Waals surface area contributed by atoms with Gasteiger partial charge in [0.1, 0.15) is 5.56 Å². The molecule has 0 fully saturated rings. The van der Waals surface area contributed by atoms with E-state index in [4.69, 9.17) is 0 Å². The van der Waals surface area contributed by atoms with Crippen molar-refractivity contribution in [1.29, 1.82) is 0 Å². The number of nitrogens with zero attached hydrogens (tertiary/aromatic N) is 1. The van der Waals surface area contributed by atoms with E-state index in [0.29, 0.717) is 6.54 Å². The second kappa shape index (κ2) is 6.34. The number of hydrogen-bond donors (Lipinski definition) is 2. The number of rotatable bonds is 2. The highest BCUT2D eigenvalue weighted by Crippen LogP contribution is 2.30. The Hall–Kier alpha value is -2.84. The van der Waals surface area contributed by atoms with Gasteiger partial charge in [-0.25, -0.2) is 0 Å². The number of alkyl halides is 3. The lowest BCUT2D eigenvalue weighted by molar-refractivity contribution is -0.137. The molecule has 0 atom stereocenters. The van der Waals surface area contributed by atoms with Crippen LogP contribution in [0.4, 0.5) is 13.2 Å². The van der Waals surface area contributed by atoms with Crippen LogP contribution < -0.4 is 16.3 Å². The van der Waals surface area contributed by atoms with E-state index in [0.717, 1.165) is 19.1 Å². The van der Waals surface area contributed by atoms with Gasteiger partial charge in [0.2, 0.25) is 11.3 Å². The summed E-state index contributed by atoms with van der Waals surface area (Å²) in [4.78, 5) is 35.2. The molecule has 128 valence electrons. The maximum absolute atomic E-state index is 12.9. The third-order valence-corrected chi connectivity index (χ3v) is 3.34. The number of hydrazine groups is 1. The lowest BCUT2D eigenvalue weighted by Crippen LogP contribution is -2.42. The lowest BCUT2D eigenvalue weighted by Gasteiger charge is -2.14. The van der Waals surface area contributed by atoms with Gasteiger partial charge in [-0.15, -0.1) is 0 Å². The Morgan fingerprint density at radius 3 is 2.42 bits per heavy atom. The third kappa shape index (κ3) is 3.39. The van der Waals surface area contributed by atoms with Gasteiger partial charge in [-0.05, 0) is 25.1 Å². The van der Waals surface area contributed by atoms with Crippen molar-refractivity contribution in [3.05, 3.63) is 45.7 Å². The molecule has 6 nitrogen and oxygen atoms in total. The molecule has 0 saturated heterocycles. The summed E-state index contributed by atoms with van der Waals surface area (Å²) in [5, 5.41) is -0.220. The summed E-state index contributed by atoms with van der Waals surface area (Å²) in [5.74, 6) is -1.46. The molecule has 9 heteroatoms. The summed E-state index contributed by atoms with van der Waals surface area (Å²) in [6, 6.07) is 2.79. The van der Waals surface area contributed by atoms with Crippen LogP contribution in [0, 0.1) is 0 Å². The van der Waals surface area contributed by atoms with Crippen LogP contribution in [-0.4, -0.2) is 16.4 Å². The van der Waals surface area contributed by atoms with E-state index in [1.807, 2.05) is 10.9 Å². The summed E-state index contributed by atoms with van der Waals surface area (Å²) in [5.41, 5.74) is 2.15. The molecule has 0 spiro atoms. The van der Waals surface area contributed by atoms with Crippen molar-refractivity contribution in [3.63, 3.8) is 0 Å². The number of fused-ring (bicyclic) bond motifs is 1. The van der Waals surface area contributed by atoms with Gasteiger partial charge < -0.3 is 4.57 Å². The fraction of sp³-hybridized carbons (Fsp3) is 0.267. The fourth-order valence-electron chi connectivity index (χ4n) is 2.21. The fourth-order valence-corrected chi connectivity index (χ4v) is 2.21. The number of carbonyl (C=O) groups is 2. The van der Waals surface area contributed by atoms with Crippen molar-refractivity contribution in [2.75, 3.05) is 0 Å². The van der Waals surface area contributed by atoms with Crippen molar-refractivity contribution in [2.24, 2.45) is 0 Å². The molecule has 0 aliphatic rings. The van der Waals surface area contributed by atoms with Crippen LogP contribution >= 0.6 is 0 Å². The number of carbonyl (C=O) groups excluding carboxylic acids is 2. The molecule has 1 aromatic heterocycles. The van der Waals surface area contributed by atoms with Gasteiger partial charge in [-0.2, -0.15) is 13.2 Å². The van der Waals surface area contributed by atoms with Crippen molar-refractivity contribution in [1.82, 2.24) is 15.4 Å². The number of pyridine rings is 1. The van der Waals surface area contributed by atoms with E-state index in [1.165, 1.54) is 16.8 Å². The molecule has 24 heavy (non-hydrogen) atoms. The summed E-state index contributed by atoms with van der Waals surface area (Å²) in [6.45, 7) is 3.21. The Bertz CT molecular complexity index is 872. The normalized spacial score (nSPS) is 11.4. The smallest absolute Gasteiger partial charge is 0.347 e. The minimum absolute atomic E-state index is 0.220. The summed E-state index contributed by atoms with van der Waals surface area (Å²) in [7, 11) is 0. The molecule has 0 bridgehead atoms. The predicted molar refractivity (Wildman–Crippen MR) is 80.2 cm³/mol. The molecule has 0 saturated carbocycles. The second-order valence-electron chi connectivity index (χ2n) is 5.02. The maximum atomic E-state index is 12.9. The molecule has 2 N–H and O–H groups in total. The van der Waals surface area contributed by atoms with Gasteiger partial charge >= 0.3 is 6.18 Å². The van der Waals surface area contributed by atoms with Gasteiger partial charge in [-0.1, -0.05) is 0 Å². The predicted octanol–water partition coefficient (Wildman–Crippen LogP) is 1.82. The lowest BCUT2D eigenvalue weighted by atomic mass is 10.1. The summed E-state index contributed by atoms with van der Waals surface area (Å²) >= 11 is 0. The number of amides is 2. The van der Waals surface area contributed by atoms with Gasteiger partial charge in [0.05, 0.1) is 11.1 Å². The highest BCUT2D eigenvalue weighted by molar-refractivity contribution is 5.98. The standard InChI is InChI=1S/C15H14F3N3O3/c1-3-21-7-11(14(24)20-19-8(2)22)13(23)10-6-9(15(16,17)18)4-5-12(10)21/h4-7H,3H2,1-2H3,(H,19,22)(H,20,24). The topological polar surface area (TPSA) is 80.2 Å². The quantitative estimate of drug-likeness (QED) is 0.818. The number of benzene rings is 1. The average Bonchev–Trinajstić information content (AvgIpc) is 2.52. The maximum Gasteiger partial charge on any atom is 0.416 e. The summed E-state index contributed by atoms with van der Waals surface area (Å²) < 4.78 is 40.1. The number of aryl methyl sites for hydroxylation is 1. The van der Waals surface area contributed by atoms with Crippen molar-refractivity contribution >= 4 is 22.7 Å². The number of aromatic nitrogens is 1. The number of hydrogen-bond acceptors (Lipinski definition) is 3. The number of halogens is 3. The van der Waals surface area contributed by atoms with Crippen LogP contribution in [0.2, 0.25) is 0 Å². The van der Waals surface area contributed by atoms with E-state index in [2.05, 4.69) is 0 Å². The van der Waals surface area contributed by atoms with Crippen molar-refractivity contribution in [2.45, 2.75) is 26.6 Å². The first-order valence-electron chi connectivity index (χ1n) is 6.96. The SMILES string of the molecule is CCn1cc(C(=O)NNC(C)=O)c(=O)c2cc(C(F)(F)F)ccc21. The van der Waals surface area contributed by atoms with Gasteiger partial charge in [-0.3, -0.25) is 25.2 Å². The zero-order valence-electron chi connectivity index (χ0n) is 12.8. The second-order valence-corrected chi connectivity index (χ2v) is 5.02. The third-order valence-electron chi connectivity index (χ3n) is 3.34. The highest BCUT2D eigenvalue weighted by atomic mass is 19.4. The molecular weight excluding hydrogens is 327 g/mol. The monoisotopic (exact) mass is 341 g/mol. The van der Waals surface area contributed by atoms with Crippen molar-refractivity contribution in [3.8, 4) is 0 Å². The van der Waals surface area contributed by atoms with Crippen molar-refractivity contribution < 1.29 is 22.8 Å². The molecular formula is C15H14F3N3O3. The highest BCUT2D eigenvalue weighted by Gasteiger charge is 2.31. The van der Waals surface area contributed by atoms with E-state index < -0.39 is 29.0 Å². The minimum Gasteiger partial charge on any atom is -0.347 e. The molecule has 1 aromatic carbocycles. The zero-order chi connectivity index (χ0) is 18.1. The molecule has 2 aromatic rings. The molecule has 2 amide bonds. The number of nitrogens with one attached hydrogen (secondary N) is 2. The Morgan fingerprint density at radius 1 is 1.21 bits per heavy atom. The van der Waals surface area contributed by atoms with Gasteiger partial charge in [0, 0.05) is 25.1 Å². The average molecular weight is 341 g/mol. The molecule has 0 aliphatic heterocycles. The first-order chi connectivity index (χ1) is 11.1. The van der Waals surface area contributed by atoms with E-state index in [9.17, 15) is 27.6 Å². The molecule has 0 unspecified atom stereocenters. The Balaban J connectivity index is 2.65. The van der Waals surface area contributed by atoms with Crippen LogP contribution in [0.25, 0.3) is 10.9 Å². The van der Waals surface area contributed by atoms with Crippen LogP contribution in [0.15, 0.2) is 29.2 Å². The first-order valence-corrected chi connectivity index (χ1v) is 6.96. The van der Waals surface area contributed by atoms with Gasteiger partial charge in [0.15, 0.2) is 0 Å². The van der Waals surface area contributed by atoms with Crippen LogP contribution in [0.5, 0.6) is 0 Å². The first kappa shape index (κ1) is 17.5. The Morgan fingerprint density at radius 2 is 1.88 bits per heavy atom. The van der Waals surface area contributed by atoms with Gasteiger partial charge in [0.25, 0.3) is 5.91 Å². The Kier molecular flexibility index (Phi) is 4.63. The van der Waals surface area contributed by atoms with Crippen LogP contribution in [0.1, 0.15) is 29.8 Å². The van der Waals surface area contributed by atoms with Crippen LogP contribution in [0.3, 0.4) is 0 Å². The minimum atomic E-state index is -4.61. The zero-order valence-corrected chi connectivity index (χ0v) is 12.8. The van der Waals surface area contributed by atoms with E-state index >= 15 is 0 Å². The molecule has 2 rings (SSSR count). The van der Waals surface area contributed by atoms with E-state index in [1.54, 1.807) is 6.92 Å². The van der Waals surface area contributed by atoms with Crippen LogP contribution in [-0.2, 0) is 17.5 Å². The summed E-state index contributed by atoms with van der Waals surface area (Å²) in [6.07, 6.45) is -3.36. The molecule has 0 aliphatic carbocycles. The largest absolute Gasteiger partial charge is 0.416 e. The Labute approximate surface area is 134 Å². The van der Waals surface area contributed by atoms with E-state index in [-0.39, 0.29) is 16.5 Å². The molecule has 0 radical (unpaired) electrons.